The zero-order valence-corrected chi connectivity index (χ0v) is 15.4. The Balaban J connectivity index is 1.66. The monoisotopic (exact) mass is 328 g/mol. The maximum absolute atomic E-state index is 2.62. The third-order valence-corrected chi connectivity index (χ3v) is 6.08. The van der Waals surface area contributed by atoms with Crippen molar-refractivity contribution in [2.24, 2.45) is 17.8 Å². The third kappa shape index (κ3) is 3.23. The van der Waals surface area contributed by atoms with Gasteiger partial charge in [-0.2, -0.15) is 0 Å². The van der Waals surface area contributed by atoms with E-state index < -0.39 is 0 Å². The standard InChI is InChI=1S/C25H28/c1-3-20(16-19-14-12-18(2)13-15-19)25-17-21-8-4-5-9-22(21)23-10-6-7-11-24(23)25/h5-7,9-15,17,20,24-25H,3-4,8,16H2,1-2H3. The van der Waals surface area contributed by atoms with Gasteiger partial charge in [0.15, 0.2) is 0 Å². The molecule has 3 aliphatic carbocycles. The Morgan fingerprint density at radius 1 is 1.08 bits per heavy atom. The molecule has 4 rings (SSSR count). The minimum Gasteiger partial charge on any atom is -0.0836 e. The van der Waals surface area contributed by atoms with Crippen molar-refractivity contribution in [3.8, 4) is 0 Å². The molecule has 1 aromatic rings. The van der Waals surface area contributed by atoms with Crippen LogP contribution in [0.1, 0.15) is 37.3 Å². The van der Waals surface area contributed by atoms with Crippen molar-refractivity contribution in [1.29, 1.82) is 0 Å². The van der Waals surface area contributed by atoms with Crippen molar-refractivity contribution < 1.29 is 0 Å². The molecule has 0 aromatic heterocycles. The number of fused-ring (bicyclic) bond motifs is 2. The summed E-state index contributed by atoms with van der Waals surface area (Å²) in [5.41, 5.74) is 7.45. The van der Waals surface area contributed by atoms with E-state index in [4.69, 9.17) is 0 Å². The predicted octanol–water partition coefficient (Wildman–Crippen LogP) is 6.51. The molecule has 0 N–H and O–H groups in total. The first-order valence-corrected chi connectivity index (χ1v) is 9.78. The van der Waals surface area contributed by atoms with Gasteiger partial charge in [-0.1, -0.05) is 85.7 Å². The summed E-state index contributed by atoms with van der Waals surface area (Å²) < 4.78 is 0. The van der Waals surface area contributed by atoms with Crippen LogP contribution in [-0.2, 0) is 6.42 Å². The largest absolute Gasteiger partial charge is 0.0836 e. The zero-order valence-electron chi connectivity index (χ0n) is 15.4. The van der Waals surface area contributed by atoms with E-state index >= 15 is 0 Å². The van der Waals surface area contributed by atoms with Gasteiger partial charge in [0, 0.05) is 5.92 Å². The van der Waals surface area contributed by atoms with E-state index in [1.54, 1.807) is 11.1 Å². The van der Waals surface area contributed by atoms with E-state index in [0.717, 1.165) is 0 Å². The lowest BCUT2D eigenvalue weighted by molar-refractivity contribution is 0.328. The first-order chi connectivity index (χ1) is 12.3. The number of rotatable bonds is 4. The molecule has 3 atom stereocenters. The van der Waals surface area contributed by atoms with Crippen LogP contribution in [0, 0.1) is 24.7 Å². The number of allylic oxidation sites excluding steroid dienone is 10. The highest BCUT2D eigenvalue weighted by atomic mass is 14.4. The number of aryl methyl sites for hydroxylation is 1. The molecule has 3 unspecified atom stereocenters. The predicted molar refractivity (Wildman–Crippen MR) is 107 cm³/mol. The molecule has 0 aliphatic heterocycles. The maximum atomic E-state index is 2.62. The minimum absolute atomic E-state index is 0.543. The molecule has 128 valence electrons. The molecular formula is C25H28. The van der Waals surface area contributed by atoms with Crippen molar-refractivity contribution >= 4 is 0 Å². The lowest BCUT2D eigenvalue weighted by Gasteiger charge is -2.38. The summed E-state index contributed by atoms with van der Waals surface area (Å²) in [4.78, 5) is 0. The van der Waals surface area contributed by atoms with Crippen LogP contribution in [0.25, 0.3) is 0 Å². The summed E-state index contributed by atoms with van der Waals surface area (Å²) >= 11 is 0. The second-order valence-electron chi connectivity index (χ2n) is 7.71. The summed E-state index contributed by atoms with van der Waals surface area (Å²) in [5.74, 6) is 1.86. The topological polar surface area (TPSA) is 0 Å². The Morgan fingerprint density at radius 3 is 2.72 bits per heavy atom. The number of hydrogen-bond acceptors (Lipinski definition) is 0. The minimum atomic E-state index is 0.543. The van der Waals surface area contributed by atoms with Gasteiger partial charge in [0.1, 0.15) is 0 Å². The molecule has 0 fully saturated rings. The Kier molecular flexibility index (Phi) is 4.61. The van der Waals surface area contributed by atoms with E-state index in [1.165, 1.54) is 42.4 Å². The average molecular weight is 328 g/mol. The van der Waals surface area contributed by atoms with E-state index in [9.17, 15) is 0 Å². The van der Waals surface area contributed by atoms with E-state index in [2.05, 4.69) is 80.6 Å². The van der Waals surface area contributed by atoms with E-state index in [0.29, 0.717) is 17.8 Å². The molecule has 0 amide bonds. The molecule has 0 nitrogen and oxygen atoms in total. The van der Waals surface area contributed by atoms with Gasteiger partial charge in [-0.25, -0.2) is 0 Å². The Bertz CT molecular complexity index is 780. The van der Waals surface area contributed by atoms with Crippen molar-refractivity contribution in [3.05, 3.63) is 94.6 Å². The molecule has 0 heterocycles. The van der Waals surface area contributed by atoms with Crippen LogP contribution in [0.4, 0.5) is 0 Å². The van der Waals surface area contributed by atoms with Gasteiger partial charge in [-0.15, -0.1) is 0 Å². The summed E-state index contributed by atoms with van der Waals surface area (Å²) in [7, 11) is 0. The lowest BCUT2D eigenvalue weighted by atomic mass is 9.66. The van der Waals surface area contributed by atoms with E-state index in [-0.39, 0.29) is 0 Å². The van der Waals surface area contributed by atoms with Crippen molar-refractivity contribution in [2.45, 2.75) is 39.5 Å². The van der Waals surface area contributed by atoms with Gasteiger partial charge < -0.3 is 0 Å². The molecule has 0 spiro atoms. The molecule has 0 saturated heterocycles. The van der Waals surface area contributed by atoms with Crippen LogP contribution in [0.5, 0.6) is 0 Å². The van der Waals surface area contributed by atoms with Gasteiger partial charge in [0.25, 0.3) is 0 Å². The Hall–Kier alpha value is -2.08. The average Bonchev–Trinajstić information content (AvgIpc) is 2.67. The lowest BCUT2D eigenvalue weighted by Crippen LogP contribution is -2.28. The SMILES string of the molecule is CCC(Cc1ccc(C)cc1)C1C=C2CCC=CC2=C2C=CC=CC21. The highest BCUT2D eigenvalue weighted by Gasteiger charge is 2.33. The maximum Gasteiger partial charge on any atom is 0.00929 e. The molecule has 1 aromatic carbocycles. The summed E-state index contributed by atoms with van der Waals surface area (Å²) in [6, 6.07) is 9.13. The molecule has 3 aliphatic rings. The normalized spacial score (nSPS) is 25.4. The molecule has 0 heteroatoms. The quantitative estimate of drug-likeness (QED) is 0.591. The zero-order chi connectivity index (χ0) is 17.2. The van der Waals surface area contributed by atoms with Crippen LogP contribution in [0.2, 0.25) is 0 Å². The van der Waals surface area contributed by atoms with Gasteiger partial charge in [-0.3, -0.25) is 0 Å². The van der Waals surface area contributed by atoms with Crippen LogP contribution < -0.4 is 0 Å². The van der Waals surface area contributed by atoms with Crippen LogP contribution >= 0.6 is 0 Å². The fraction of sp³-hybridized carbons (Fsp3) is 0.360. The van der Waals surface area contributed by atoms with Gasteiger partial charge in [0.2, 0.25) is 0 Å². The first kappa shape index (κ1) is 16.4. The van der Waals surface area contributed by atoms with Crippen molar-refractivity contribution in [2.75, 3.05) is 0 Å². The molecule has 0 saturated carbocycles. The Labute approximate surface area is 152 Å². The molecule has 0 radical (unpaired) electrons. The smallest absolute Gasteiger partial charge is 0.00929 e. The number of hydrogen-bond donors (Lipinski definition) is 0. The van der Waals surface area contributed by atoms with Gasteiger partial charge in [0.05, 0.1) is 0 Å². The Morgan fingerprint density at radius 2 is 1.92 bits per heavy atom. The van der Waals surface area contributed by atoms with Crippen LogP contribution in [-0.4, -0.2) is 0 Å². The summed E-state index contributed by atoms with van der Waals surface area (Å²) in [6.45, 7) is 4.53. The summed E-state index contributed by atoms with van der Waals surface area (Å²) in [5, 5.41) is 0. The van der Waals surface area contributed by atoms with Crippen LogP contribution in [0.15, 0.2) is 83.5 Å². The number of benzene rings is 1. The first-order valence-electron chi connectivity index (χ1n) is 9.78. The fourth-order valence-corrected chi connectivity index (χ4v) is 4.64. The van der Waals surface area contributed by atoms with E-state index in [1.807, 2.05) is 0 Å². The second-order valence-corrected chi connectivity index (χ2v) is 7.71. The highest BCUT2D eigenvalue weighted by Crippen LogP contribution is 2.45. The second kappa shape index (κ2) is 7.04. The molecule has 25 heavy (non-hydrogen) atoms. The van der Waals surface area contributed by atoms with Gasteiger partial charge >= 0.3 is 0 Å². The fourth-order valence-electron chi connectivity index (χ4n) is 4.64. The van der Waals surface area contributed by atoms with Crippen LogP contribution in [0.3, 0.4) is 0 Å². The highest BCUT2D eigenvalue weighted by molar-refractivity contribution is 5.55. The van der Waals surface area contributed by atoms with Crippen molar-refractivity contribution in [3.63, 3.8) is 0 Å². The summed E-state index contributed by atoms with van der Waals surface area (Å²) in [6.07, 6.45) is 21.4. The molecular weight excluding hydrogens is 300 g/mol. The third-order valence-electron chi connectivity index (χ3n) is 6.08. The van der Waals surface area contributed by atoms with Gasteiger partial charge in [-0.05, 0) is 60.3 Å². The molecule has 0 bridgehead atoms. The van der Waals surface area contributed by atoms with Crippen molar-refractivity contribution in [1.82, 2.24) is 0 Å².